The van der Waals surface area contributed by atoms with Crippen molar-refractivity contribution in [2.75, 3.05) is 20.0 Å². The molecular weight excluding hydrogens is 406 g/mol. The van der Waals surface area contributed by atoms with E-state index in [1.54, 1.807) is 4.68 Å². The number of aromatic nitrogens is 2. The van der Waals surface area contributed by atoms with Crippen molar-refractivity contribution in [3.63, 3.8) is 0 Å². The molecule has 7 heteroatoms. The van der Waals surface area contributed by atoms with E-state index < -0.39 is 0 Å². The number of aryl methyl sites for hydroxylation is 1. The molecule has 0 atom stereocenters. The zero-order valence-corrected chi connectivity index (χ0v) is 18.4. The number of carbonyl (C=O) groups is 1. The highest BCUT2D eigenvalue weighted by atomic mass is 16.7. The van der Waals surface area contributed by atoms with Crippen LogP contribution in [0.1, 0.15) is 39.9 Å². The molecule has 5 rings (SSSR count). The van der Waals surface area contributed by atoms with Gasteiger partial charge in [-0.05, 0) is 55.0 Å². The van der Waals surface area contributed by atoms with Crippen molar-refractivity contribution in [3.8, 4) is 22.8 Å². The average molecular weight is 434 g/mol. The number of nitrogens with zero attached hydrogens (tertiary/aromatic N) is 2. The molecule has 2 aromatic carbocycles. The molecule has 0 unspecified atom stereocenters. The van der Waals surface area contributed by atoms with Crippen LogP contribution in [0.15, 0.2) is 42.6 Å². The lowest BCUT2D eigenvalue weighted by Gasteiger charge is -2.23. The second kappa shape index (κ2) is 8.67. The molecule has 0 radical (unpaired) electrons. The number of amides is 1. The Hall–Kier alpha value is -3.32. The molecule has 2 aliphatic rings. The maximum Gasteiger partial charge on any atom is 0.255 e. The molecule has 3 heterocycles. The highest BCUT2D eigenvalue weighted by molar-refractivity contribution is 5.98. The van der Waals surface area contributed by atoms with Crippen LogP contribution in [-0.2, 0) is 18.2 Å². The lowest BCUT2D eigenvalue weighted by Crippen LogP contribution is -2.39. The van der Waals surface area contributed by atoms with E-state index in [0.717, 1.165) is 40.8 Å². The fourth-order valence-electron chi connectivity index (χ4n) is 4.29. The Balaban J connectivity index is 1.40. The summed E-state index contributed by atoms with van der Waals surface area (Å²) in [5.41, 5.74) is 5.78. The van der Waals surface area contributed by atoms with Crippen LogP contribution in [0, 0.1) is 6.92 Å². The van der Waals surface area contributed by atoms with Crippen LogP contribution < -0.4 is 14.8 Å². The van der Waals surface area contributed by atoms with Crippen LogP contribution in [0.25, 0.3) is 11.3 Å². The van der Waals surface area contributed by atoms with Crippen LogP contribution >= 0.6 is 0 Å². The number of hydrogen-bond donors (Lipinski definition) is 1. The predicted molar refractivity (Wildman–Crippen MR) is 120 cm³/mol. The average Bonchev–Trinajstić information content (AvgIpc) is 3.46. The molecule has 32 heavy (non-hydrogen) atoms. The third-order valence-corrected chi connectivity index (χ3v) is 6.16. The molecule has 2 aliphatic heterocycles. The van der Waals surface area contributed by atoms with Gasteiger partial charge in [-0.2, -0.15) is 5.10 Å². The molecule has 1 N–H and O–H groups in total. The quantitative estimate of drug-likeness (QED) is 0.665. The Morgan fingerprint density at radius 2 is 1.88 bits per heavy atom. The van der Waals surface area contributed by atoms with Crippen molar-refractivity contribution < 1.29 is 19.0 Å². The molecule has 7 nitrogen and oxygen atoms in total. The molecule has 0 saturated carbocycles. The zero-order chi connectivity index (χ0) is 22.1. The normalized spacial score (nSPS) is 15.7. The first-order valence-corrected chi connectivity index (χ1v) is 11.0. The van der Waals surface area contributed by atoms with Gasteiger partial charge in [-0.15, -0.1) is 0 Å². The molecule has 1 amide bonds. The number of rotatable bonds is 5. The van der Waals surface area contributed by atoms with E-state index in [1.807, 2.05) is 32.3 Å². The number of fused-ring (bicyclic) bond motifs is 1. The van der Waals surface area contributed by atoms with Gasteiger partial charge in [0.15, 0.2) is 11.5 Å². The van der Waals surface area contributed by atoms with E-state index in [2.05, 4.69) is 34.7 Å². The highest BCUT2D eigenvalue weighted by Gasteiger charge is 2.28. The van der Waals surface area contributed by atoms with Crippen molar-refractivity contribution in [1.29, 1.82) is 0 Å². The minimum absolute atomic E-state index is 0.120. The smallest absolute Gasteiger partial charge is 0.255 e. The molecular formula is C25H27N3O4. The Labute approximate surface area is 187 Å². The lowest BCUT2D eigenvalue weighted by molar-refractivity contribution is 0.0695. The Kier molecular flexibility index (Phi) is 5.57. The van der Waals surface area contributed by atoms with Crippen LogP contribution in [0.5, 0.6) is 11.5 Å². The predicted octanol–water partition coefficient (Wildman–Crippen LogP) is 3.62. The summed E-state index contributed by atoms with van der Waals surface area (Å²) in [6.07, 6.45) is 4.29. The fraction of sp³-hybridized carbons (Fsp3) is 0.360. The van der Waals surface area contributed by atoms with Gasteiger partial charge >= 0.3 is 0 Å². The van der Waals surface area contributed by atoms with E-state index in [4.69, 9.17) is 14.2 Å². The van der Waals surface area contributed by atoms with E-state index in [9.17, 15) is 4.79 Å². The minimum Gasteiger partial charge on any atom is -0.453 e. The molecule has 0 spiro atoms. The third-order valence-electron chi connectivity index (χ3n) is 6.16. The molecule has 1 aromatic heterocycles. The largest absolute Gasteiger partial charge is 0.453 e. The van der Waals surface area contributed by atoms with Crippen LogP contribution in [-0.4, -0.2) is 41.7 Å². The molecule has 1 fully saturated rings. The SMILES string of the molecule is Cc1c(Cc2ccc(-c3ccn(C)n3)cc2)cc(C(=O)NC2CCOCC2)c2c1OCO2. The number of benzene rings is 2. The van der Waals surface area contributed by atoms with E-state index >= 15 is 0 Å². The molecule has 1 saturated heterocycles. The van der Waals surface area contributed by atoms with Crippen LogP contribution in [0.3, 0.4) is 0 Å². The summed E-state index contributed by atoms with van der Waals surface area (Å²) in [5.74, 6) is 1.09. The van der Waals surface area contributed by atoms with E-state index in [1.165, 1.54) is 0 Å². The molecule has 0 aliphatic carbocycles. The first-order chi connectivity index (χ1) is 15.6. The van der Waals surface area contributed by atoms with Gasteiger partial charge in [-0.1, -0.05) is 24.3 Å². The number of ether oxygens (including phenoxy) is 3. The van der Waals surface area contributed by atoms with Crippen molar-refractivity contribution in [3.05, 3.63) is 64.8 Å². The second-order valence-electron chi connectivity index (χ2n) is 8.38. The van der Waals surface area contributed by atoms with Gasteiger partial charge in [0.2, 0.25) is 6.79 Å². The zero-order valence-electron chi connectivity index (χ0n) is 18.4. The second-order valence-corrected chi connectivity index (χ2v) is 8.38. The Morgan fingerprint density at radius 1 is 1.12 bits per heavy atom. The van der Waals surface area contributed by atoms with E-state index in [-0.39, 0.29) is 18.7 Å². The van der Waals surface area contributed by atoms with Gasteiger partial charge in [0, 0.05) is 38.1 Å². The van der Waals surface area contributed by atoms with Crippen LogP contribution in [0.4, 0.5) is 0 Å². The van der Waals surface area contributed by atoms with E-state index in [0.29, 0.717) is 36.7 Å². The molecule has 3 aromatic rings. The van der Waals surface area contributed by atoms with Gasteiger partial charge < -0.3 is 19.5 Å². The minimum atomic E-state index is -0.120. The first kappa shape index (κ1) is 20.6. The maximum absolute atomic E-state index is 13.1. The van der Waals surface area contributed by atoms with Crippen molar-refractivity contribution in [2.45, 2.75) is 32.2 Å². The fourth-order valence-corrected chi connectivity index (χ4v) is 4.29. The highest BCUT2D eigenvalue weighted by Crippen LogP contribution is 2.41. The van der Waals surface area contributed by atoms with Gasteiger partial charge in [-0.3, -0.25) is 9.48 Å². The summed E-state index contributed by atoms with van der Waals surface area (Å²) in [6, 6.07) is 12.5. The van der Waals surface area contributed by atoms with Crippen molar-refractivity contribution >= 4 is 5.91 Å². The van der Waals surface area contributed by atoms with Gasteiger partial charge in [0.25, 0.3) is 5.91 Å². The van der Waals surface area contributed by atoms with Gasteiger partial charge in [0.05, 0.1) is 11.3 Å². The summed E-state index contributed by atoms with van der Waals surface area (Å²) in [7, 11) is 1.91. The molecule has 0 bridgehead atoms. The van der Waals surface area contributed by atoms with Crippen molar-refractivity contribution in [2.24, 2.45) is 7.05 Å². The van der Waals surface area contributed by atoms with Crippen molar-refractivity contribution in [1.82, 2.24) is 15.1 Å². The Morgan fingerprint density at radius 3 is 2.59 bits per heavy atom. The number of carbonyl (C=O) groups excluding carboxylic acids is 1. The maximum atomic E-state index is 13.1. The summed E-state index contributed by atoms with van der Waals surface area (Å²) in [4.78, 5) is 13.1. The number of nitrogens with one attached hydrogen (secondary N) is 1. The summed E-state index contributed by atoms with van der Waals surface area (Å²) in [5, 5.41) is 7.60. The third kappa shape index (κ3) is 4.08. The standard InChI is InChI=1S/C25H27N3O4/c1-16-19(13-17-3-5-18(6-4-17)22-7-10-28(2)27-22)14-21(24-23(16)31-15-32-24)25(29)26-20-8-11-30-12-9-20/h3-7,10,14,20H,8-9,11-13,15H2,1-2H3,(H,26,29). The van der Waals surface area contributed by atoms with Gasteiger partial charge in [-0.25, -0.2) is 0 Å². The number of hydrogen-bond acceptors (Lipinski definition) is 5. The Bertz CT molecular complexity index is 1130. The summed E-state index contributed by atoms with van der Waals surface area (Å²) < 4.78 is 18.6. The first-order valence-electron chi connectivity index (χ1n) is 11.0. The van der Waals surface area contributed by atoms with Gasteiger partial charge in [0.1, 0.15) is 0 Å². The molecule has 166 valence electrons. The topological polar surface area (TPSA) is 74.6 Å². The monoisotopic (exact) mass is 433 g/mol. The summed E-state index contributed by atoms with van der Waals surface area (Å²) in [6.45, 7) is 3.51. The van der Waals surface area contributed by atoms with Crippen LogP contribution in [0.2, 0.25) is 0 Å². The lowest BCUT2D eigenvalue weighted by atomic mass is 9.95. The summed E-state index contributed by atoms with van der Waals surface area (Å²) >= 11 is 0.